The molecule has 0 aliphatic rings. The number of carboxylic acids is 1. The molecule has 1 atom stereocenters. The summed E-state index contributed by atoms with van der Waals surface area (Å²) in [6, 6.07) is 3.69. The summed E-state index contributed by atoms with van der Waals surface area (Å²) >= 11 is 0. The van der Waals surface area contributed by atoms with Crippen molar-refractivity contribution in [3.8, 4) is 0 Å². The number of aliphatic carboxylic acids is 1. The fraction of sp³-hybridized carbons (Fsp3) is 0.273. The molecule has 18 heavy (non-hydrogen) atoms. The van der Waals surface area contributed by atoms with Gasteiger partial charge < -0.3 is 21.3 Å². The number of nitrogens with two attached hydrogens (primary N) is 1. The van der Waals surface area contributed by atoms with Crippen molar-refractivity contribution in [3.63, 3.8) is 0 Å². The lowest BCUT2D eigenvalue weighted by Crippen LogP contribution is -2.46. The number of benzene rings is 1. The number of nitrogen functional groups attached to an aromatic ring is 1. The quantitative estimate of drug-likeness (QED) is 0.565. The highest BCUT2D eigenvalue weighted by molar-refractivity contribution is 5.99. The van der Waals surface area contributed by atoms with E-state index < -0.39 is 29.8 Å². The van der Waals surface area contributed by atoms with Gasteiger partial charge in [-0.05, 0) is 19.1 Å². The van der Waals surface area contributed by atoms with Gasteiger partial charge in [0.1, 0.15) is 5.82 Å². The molecule has 0 spiro atoms. The van der Waals surface area contributed by atoms with Gasteiger partial charge in [-0.3, -0.25) is 4.79 Å². The molecule has 98 valence electrons. The van der Waals surface area contributed by atoms with E-state index in [2.05, 4.69) is 5.32 Å². The second-order valence-corrected chi connectivity index (χ2v) is 3.96. The number of rotatable bonds is 4. The molecule has 0 radical (unpaired) electrons. The molecule has 1 aromatic rings. The van der Waals surface area contributed by atoms with Crippen LogP contribution >= 0.6 is 0 Å². The van der Waals surface area contributed by atoms with Crippen LogP contribution in [0.3, 0.4) is 0 Å². The van der Waals surface area contributed by atoms with Crippen molar-refractivity contribution in [2.45, 2.75) is 12.5 Å². The summed E-state index contributed by atoms with van der Waals surface area (Å²) in [7, 11) is 0. The van der Waals surface area contributed by atoms with Gasteiger partial charge in [0.25, 0.3) is 5.91 Å². The Morgan fingerprint density at radius 3 is 2.67 bits per heavy atom. The molecule has 1 amide bonds. The van der Waals surface area contributed by atoms with Crippen LogP contribution in [0.15, 0.2) is 18.2 Å². The molecular weight excluding hydrogens is 243 g/mol. The van der Waals surface area contributed by atoms with Crippen LogP contribution in [-0.4, -0.2) is 34.2 Å². The Morgan fingerprint density at radius 1 is 1.50 bits per heavy atom. The number of carbonyl (C=O) groups excluding carboxylic acids is 1. The third-order valence-corrected chi connectivity index (χ3v) is 2.35. The third kappa shape index (κ3) is 2.95. The predicted octanol–water partition coefficient (Wildman–Crippen LogP) is -0.0267. The third-order valence-electron chi connectivity index (χ3n) is 2.35. The fourth-order valence-electron chi connectivity index (χ4n) is 1.16. The number of anilines is 1. The summed E-state index contributed by atoms with van der Waals surface area (Å²) in [6.45, 7) is 0.516. The van der Waals surface area contributed by atoms with Crippen LogP contribution < -0.4 is 11.1 Å². The first kappa shape index (κ1) is 13.9. The van der Waals surface area contributed by atoms with E-state index in [1.54, 1.807) is 0 Å². The zero-order valence-corrected chi connectivity index (χ0v) is 9.61. The first-order valence-electron chi connectivity index (χ1n) is 5.03. The Morgan fingerprint density at radius 2 is 2.11 bits per heavy atom. The van der Waals surface area contributed by atoms with E-state index in [1.165, 1.54) is 12.1 Å². The van der Waals surface area contributed by atoms with Crippen LogP contribution in [0.2, 0.25) is 0 Å². The minimum absolute atomic E-state index is 0.115. The highest BCUT2D eigenvalue weighted by atomic mass is 19.1. The van der Waals surface area contributed by atoms with Crippen LogP contribution in [0, 0.1) is 5.82 Å². The number of amides is 1. The van der Waals surface area contributed by atoms with Crippen LogP contribution in [0.1, 0.15) is 17.3 Å². The van der Waals surface area contributed by atoms with Crippen molar-refractivity contribution in [2.24, 2.45) is 0 Å². The normalized spacial score (nSPS) is 13.7. The molecule has 0 fully saturated rings. The summed E-state index contributed by atoms with van der Waals surface area (Å²) in [5.74, 6) is -2.98. The SMILES string of the molecule is CC(O)(CNC(=O)c1cccc(F)c1N)C(=O)O. The molecular formula is C11H13FN2O4. The number of para-hydroxylation sites is 1. The summed E-state index contributed by atoms with van der Waals surface area (Å²) in [6.07, 6.45) is 0. The van der Waals surface area contributed by atoms with Crippen molar-refractivity contribution in [3.05, 3.63) is 29.6 Å². The van der Waals surface area contributed by atoms with Crippen LogP contribution in [0.4, 0.5) is 10.1 Å². The smallest absolute Gasteiger partial charge is 0.337 e. The van der Waals surface area contributed by atoms with Gasteiger partial charge in [0.15, 0.2) is 5.60 Å². The highest BCUT2D eigenvalue weighted by Crippen LogP contribution is 2.15. The van der Waals surface area contributed by atoms with E-state index in [0.29, 0.717) is 0 Å². The zero-order valence-electron chi connectivity index (χ0n) is 9.61. The van der Waals surface area contributed by atoms with E-state index >= 15 is 0 Å². The summed E-state index contributed by atoms with van der Waals surface area (Å²) in [4.78, 5) is 22.2. The van der Waals surface area contributed by atoms with Crippen molar-refractivity contribution in [2.75, 3.05) is 12.3 Å². The molecule has 0 aliphatic heterocycles. The average molecular weight is 256 g/mol. The van der Waals surface area contributed by atoms with Gasteiger partial charge >= 0.3 is 5.97 Å². The minimum atomic E-state index is -2.10. The molecule has 0 heterocycles. The summed E-state index contributed by atoms with van der Waals surface area (Å²) in [5.41, 5.74) is 2.83. The molecule has 7 heteroatoms. The molecule has 0 bridgehead atoms. The van der Waals surface area contributed by atoms with E-state index in [9.17, 15) is 19.1 Å². The minimum Gasteiger partial charge on any atom is -0.479 e. The van der Waals surface area contributed by atoms with Gasteiger partial charge in [0, 0.05) is 0 Å². The predicted molar refractivity (Wildman–Crippen MR) is 61.4 cm³/mol. The second-order valence-electron chi connectivity index (χ2n) is 3.96. The molecule has 1 rings (SSSR count). The number of carbonyl (C=O) groups is 2. The first-order valence-corrected chi connectivity index (χ1v) is 5.03. The van der Waals surface area contributed by atoms with Gasteiger partial charge in [0.2, 0.25) is 0 Å². The van der Waals surface area contributed by atoms with Crippen LogP contribution in [0.25, 0.3) is 0 Å². The number of hydrogen-bond acceptors (Lipinski definition) is 4. The Kier molecular flexibility index (Phi) is 3.87. The van der Waals surface area contributed by atoms with E-state index in [1.807, 2.05) is 0 Å². The zero-order chi connectivity index (χ0) is 13.9. The lowest BCUT2D eigenvalue weighted by Gasteiger charge is -2.18. The summed E-state index contributed by atoms with van der Waals surface area (Å²) in [5, 5.41) is 20.2. The molecule has 0 aliphatic carbocycles. The molecule has 0 aromatic heterocycles. The Hall–Kier alpha value is -2.15. The molecule has 6 nitrogen and oxygen atoms in total. The van der Waals surface area contributed by atoms with Gasteiger partial charge in [-0.2, -0.15) is 0 Å². The molecule has 0 saturated heterocycles. The number of nitrogens with one attached hydrogen (secondary N) is 1. The lowest BCUT2D eigenvalue weighted by atomic mass is 10.1. The van der Waals surface area contributed by atoms with Gasteiger partial charge in [-0.25, -0.2) is 9.18 Å². The number of halogens is 1. The van der Waals surface area contributed by atoms with Crippen LogP contribution in [0.5, 0.6) is 0 Å². The summed E-state index contributed by atoms with van der Waals surface area (Å²) < 4.78 is 13.1. The van der Waals surface area contributed by atoms with E-state index in [-0.39, 0.29) is 11.3 Å². The van der Waals surface area contributed by atoms with Crippen molar-refractivity contribution < 1.29 is 24.2 Å². The Labute approximate surface area is 102 Å². The number of hydrogen-bond donors (Lipinski definition) is 4. The lowest BCUT2D eigenvalue weighted by molar-refractivity contribution is -0.155. The Bertz CT molecular complexity index is 488. The Balaban J connectivity index is 2.78. The monoisotopic (exact) mass is 256 g/mol. The van der Waals surface area contributed by atoms with Gasteiger partial charge in [-0.1, -0.05) is 6.07 Å². The molecule has 5 N–H and O–H groups in total. The molecule has 1 unspecified atom stereocenters. The van der Waals surface area contributed by atoms with Crippen LogP contribution in [-0.2, 0) is 4.79 Å². The van der Waals surface area contributed by atoms with Gasteiger partial charge in [0.05, 0.1) is 17.8 Å². The molecule has 1 aromatic carbocycles. The highest BCUT2D eigenvalue weighted by Gasteiger charge is 2.30. The largest absolute Gasteiger partial charge is 0.479 e. The van der Waals surface area contributed by atoms with E-state index in [4.69, 9.17) is 10.8 Å². The fourth-order valence-corrected chi connectivity index (χ4v) is 1.16. The van der Waals surface area contributed by atoms with Crippen molar-refractivity contribution in [1.29, 1.82) is 0 Å². The van der Waals surface area contributed by atoms with Crippen molar-refractivity contribution in [1.82, 2.24) is 5.32 Å². The maximum absolute atomic E-state index is 13.1. The number of aliphatic hydroxyl groups is 1. The first-order chi connectivity index (χ1) is 8.25. The number of carboxylic acid groups (broad SMARTS) is 1. The maximum Gasteiger partial charge on any atom is 0.337 e. The standard InChI is InChI=1S/C11H13FN2O4/c1-11(18,10(16)17)5-14-9(15)6-3-2-4-7(12)8(6)13/h2-4,18H,5,13H2,1H3,(H,14,15)(H,16,17). The van der Waals surface area contributed by atoms with Crippen molar-refractivity contribution >= 4 is 17.6 Å². The maximum atomic E-state index is 13.1. The second kappa shape index (κ2) is 5.01. The topological polar surface area (TPSA) is 113 Å². The average Bonchev–Trinajstić information content (AvgIpc) is 2.29. The molecule has 0 saturated carbocycles. The van der Waals surface area contributed by atoms with Gasteiger partial charge in [-0.15, -0.1) is 0 Å². The van der Waals surface area contributed by atoms with E-state index in [0.717, 1.165) is 13.0 Å².